The summed E-state index contributed by atoms with van der Waals surface area (Å²) in [7, 11) is 0. The smallest absolute Gasteiger partial charge is 0.154 e. The standard InChI is InChI=1S/C13H14BrClN2O/c1-2-3-11(16)13-7-12(17-18-13)9-6-8(15)4-5-10(9)14/h4-7,11H,2-3,16H2,1H3. The minimum atomic E-state index is -0.103. The molecule has 0 aliphatic carbocycles. The van der Waals surface area contributed by atoms with Crippen molar-refractivity contribution < 1.29 is 4.52 Å². The quantitative estimate of drug-likeness (QED) is 0.894. The normalized spacial score (nSPS) is 12.7. The maximum Gasteiger partial charge on any atom is 0.154 e. The molecule has 1 unspecified atom stereocenters. The molecule has 1 heterocycles. The van der Waals surface area contributed by atoms with Gasteiger partial charge in [0.15, 0.2) is 5.76 Å². The Morgan fingerprint density at radius 2 is 2.22 bits per heavy atom. The van der Waals surface area contributed by atoms with E-state index in [1.165, 1.54) is 0 Å². The van der Waals surface area contributed by atoms with Gasteiger partial charge in [0.1, 0.15) is 5.69 Å². The van der Waals surface area contributed by atoms with Gasteiger partial charge in [0.25, 0.3) is 0 Å². The summed E-state index contributed by atoms with van der Waals surface area (Å²) < 4.78 is 6.22. The van der Waals surface area contributed by atoms with E-state index >= 15 is 0 Å². The lowest BCUT2D eigenvalue weighted by molar-refractivity contribution is 0.356. The molecule has 0 aliphatic rings. The van der Waals surface area contributed by atoms with Crippen molar-refractivity contribution in [2.45, 2.75) is 25.8 Å². The summed E-state index contributed by atoms with van der Waals surface area (Å²) in [6.45, 7) is 2.09. The van der Waals surface area contributed by atoms with E-state index < -0.39 is 0 Å². The molecule has 5 heteroatoms. The summed E-state index contributed by atoms with van der Waals surface area (Å²) in [6.07, 6.45) is 1.89. The maximum atomic E-state index is 5.99. The molecule has 2 N–H and O–H groups in total. The largest absolute Gasteiger partial charge is 0.359 e. The average Bonchev–Trinajstić information content (AvgIpc) is 2.82. The number of hydrogen-bond acceptors (Lipinski definition) is 3. The van der Waals surface area contributed by atoms with Gasteiger partial charge in [-0.25, -0.2) is 0 Å². The van der Waals surface area contributed by atoms with Crippen LogP contribution in [-0.2, 0) is 0 Å². The molecular weight excluding hydrogens is 316 g/mol. The van der Waals surface area contributed by atoms with Gasteiger partial charge in [0.05, 0.1) is 6.04 Å². The fourth-order valence-electron chi connectivity index (χ4n) is 1.74. The average molecular weight is 330 g/mol. The van der Waals surface area contributed by atoms with Gasteiger partial charge >= 0.3 is 0 Å². The summed E-state index contributed by atoms with van der Waals surface area (Å²) in [5.74, 6) is 0.707. The molecule has 2 aromatic rings. The van der Waals surface area contributed by atoms with Gasteiger partial charge in [-0.05, 0) is 24.6 Å². The lowest BCUT2D eigenvalue weighted by Crippen LogP contribution is -2.08. The van der Waals surface area contributed by atoms with Gasteiger partial charge in [-0.2, -0.15) is 0 Å². The molecule has 1 aromatic heterocycles. The zero-order valence-corrected chi connectivity index (χ0v) is 12.3. The van der Waals surface area contributed by atoms with E-state index in [9.17, 15) is 0 Å². The Hall–Kier alpha value is -0.840. The zero-order valence-electron chi connectivity index (χ0n) is 9.99. The first-order chi connectivity index (χ1) is 8.61. The van der Waals surface area contributed by atoms with Crippen molar-refractivity contribution in [3.63, 3.8) is 0 Å². The summed E-state index contributed by atoms with van der Waals surface area (Å²) >= 11 is 9.45. The van der Waals surface area contributed by atoms with Crippen LogP contribution in [0.4, 0.5) is 0 Å². The Labute approximate surface area is 119 Å². The van der Waals surface area contributed by atoms with Gasteiger partial charge in [-0.1, -0.05) is 46.0 Å². The minimum Gasteiger partial charge on any atom is -0.359 e. The van der Waals surface area contributed by atoms with Crippen molar-refractivity contribution in [2.24, 2.45) is 5.73 Å². The monoisotopic (exact) mass is 328 g/mol. The molecule has 1 atom stereocenters. The van der Waals surface area contributed by atoms with Crippen LogP contribution in [0.5, 0.6) is 0 Å². The van der Waals surface area contributed by atoms with E-state index in [2.05, 4.69) is 28.0 Å². The topological polar surface area (TPSA) is 52.0 Å². The predicted octanol–water partition coefficient (Wildman–Crippen LogP) is 4.56. The molecule has 0 aliphatic heterocycles. The molecular formula is C13H14BrClN2O. The van der Waals surface area contributed by atoms with E-state index in [1.54, 1.807) is 0 Å². The third-order valence-electron chi connectivity index (χ3n) is 2.70. The Balaban J connectivity index is 2.32. The second-order valence-electron chi connectivity index (χ2n) is 4.13. The van der Waals surface area contributed by atoms with Gasteiger partial charge in [0, 0.05) is 21.1 Å². The molecule has 0 spiro atoms. The summed E-state index contributed by atoms with van der Waals surface area (Å²) in [4.78, 5) is 0. The van der Waals surface area contributed by atoms with Crippen molar-refractivity contribution >= 4 is 27.5 Å². The van der Waals surface area contributed by atoms with Crippen LogP contribution in [0.3, 0.4) is 0 Å². The van der Waals surface area contributed by atoms with E-state index in [-0.39, 0.29) is 6.04 Å². The Morgan fingerprint density at radius 3 is 2.94 bits per heavy atom. The summed E-state index contributed by atoms with van der Waals surface area (Å²) in [6, 6.07) is 7.32. The second kappa shape index (κ2) is 5.87. The van der Waals surface area contributed by atoms with E-state index in [4.69, 9.17) is 21.9 Å². The number of benzene rings is 1. The highest BCUT2D eigenvalue weighted by atomic mass is 79.9. The van der Waals surface area contributed by atoms with Crippen molar-refractivity contribution in [1.82, 2.24) is 5.16 Å². The maximum absolute atomic E-state index is 5.99. The van der Waals surface area contributed by atoms with Gasteiger partial charge in [-0.3, -0.25) is 0 Å². The highest BCUT2D eigenvalue weighted by Gasteiger charge is 2.14. The highest BCUT2D eigenvalue weighted by Crippen LogP contribution is 2.31. The van der Waals surface area contributed by atoms with Gasteiger partial charge in [0.2, 0.25) is 0 Å². The molecule has 3 nitrogen and oxygen atoms in total. The first kappa shape index (κ1) is 13.6. The van der Waals surface area contributed by atoms with Gasteiger partial charge in [-0.15, -0.1) is 0 Å². The number of nitrogens with two attached hydrogens (primary N) is 1. The van der Waals surface area contributed by atoms with Crippen LogP contribution >= 0.6 is 27.5 Å². The fraction of sp³-hybridized carbons (Fsp3) is 0.308. The highest BCUT2D eigenvalue weighted by molar-refractivity contribution is 9.10. The predicted molar refractivity (Wildman–Crippen MR) is 76.5 cm³/mol. The van der Waals surface area contributed by atoms with Crippen LogP contribution in [0.15, 0.2) is 33.3 Å². The number of nitrogens with zero attached hydrogens (tertiary/aromatic N) is 1. The van der Waals surface area contributed by atoms with Crippen LogP contribution in [0.2, 0.25) is 5.02 Å². The minimum absolute atomic E-state index is 0.103. The molecule has 18 heavy (non-hydrogen) atoms. The van der Waals surface area contributed by atoms with Crippen LogP contribution in [0.1, 0.15) is 31.6 Å². The molecule has 0 fully saturated rings. The number of aromatic nitrogens is 1. The Bertz CT molecular complexity index is 542. The number of hydrogen-bond donors (Lipinski definition) is 1. The lowest BCUT2D eigenvalue weighted by atomic mass is 10.1. The molecule has 0 radical (unpaired) electrons. The van der Waals surface area contributed by atoms with E-state index in [0.29, 0.717) is 10.8 Å². The number of halogens is 2. The summed E-state index contributed by atoms with van der Waals surface area (Å²) in [5, 5.41) is 4.71. The second-order valence-corrected chi connectivity index (χ2v) is 5.42. The molecule has 2 rings (SSSR count). The van der Waals surface area contributed by atoms with Gasteiger partial charge < -0.3 is 10.3 Å². The zero-order chi connectivity index (χ0) is 13.1. The van der Waals surface area contributed by atoms with Crippen molar-refractivity contribution in [3.05, 3.63) is 39.5 Å². The van der Waals surface area contributed by atoms with Crippen LogP contribution in [0, 0.1) is 0 Å². The lowest BCUT2D eigenvalue weighted by Gasteiger charge is -2.03. The first-order valence-electron chi connectivity index (χ1n) is 5.79. The molecule has 0 bridgehead atoms. The molecule has 0 saturated carbocycles. The van der Waals surface area contributed by atoms with Crippen LogP contribution in [-0.4, -0.2) is 5.16 Å². The third kappa shape index (κ3) is 2.94. The Morgan fingerprint density at radius 1 is 1.44 bits per heavy atom. The fourth-order valence-corrected chi connectivity index (χ4v) is 2.36. The van der Waals surface area contributed by atoms with Crippen molar-refractivity contribution in [2.75, 3.05) is 0 Å². The third-order valence-corrected chi connectivity index (χ3v) is 3.62. The van der Waals surface area contributed by atoms with Crippen LogP contribution < -0.4 is 5.73 Å². The Kier molecular flexibility index (Phi) is 4.43. The van der Waals surface area contributed by atoms with E-state index in [1.807, 2.05) is 24.3 Å². The van der Waals surface area contributed by atoms with E-state index in [0.717, 1.165) is 28.6 Å². The SMILES string of the molecule is CCCC(N)c1cc(-c2cc(Cl)ccc2Br)no1. The molecule has 0 saturated heterocycles. The molecule has 1 aromatic carbocycles. The first-order valence-corrected chi connectivity index (χ1v) is 6.96. The molecule has 0 amide bonds. The van der Waals surface area contributed by atoms with Crippen molar-refractivity contribution in [3.8, 4) is 11.3 Å². The summed E-state index contributed by atoms with van der Waals surface area (Å²) in [5.41, 5.74) is 7.64. The van der Waals surface area contributed by atoms with Crippen LogP contribution in [0.25, 0.3) is 11.3 Å². The number of rotatable bonds is 4. The van der Waals surface area contributed by atoms with Crippen molar-refractivity contribution in [1.29, 1.82) is 0 Å². The molecule has 96 valence electrons.